The number of rotatable bonds is 5. The minimum atomic E-state index is -0.786. The number of furan rings is 1. The highest BCUT2D eigenvalue weighted by molar-refractivity contribution is 5.78. The van der Waals surface area contributed by atoms with E-state index in [4.69, 9.17) is 9.52 Å². The molecule has 1 aromatic heterocycles. The Bertz CT molecular complexity index is 444. The van der Waals surface area contributed by atoms with Gasteiger partial charge in [-0.15, -0.1) is 0 Å². The van der Waals surface area contributed by atoms with Crippen molar-refractivity contribution in [1.29, 1.82) is 0 Å². The lowest BCUT2D eigenvalue weighted by Crippen LogP contribution is -2.40. The maximum Gasteiger partial charge on any atom is 0.308 e. The van der Waals surface area contributed by atoms with Gasteiger partial charge in [-0.05, 0) is 32.0 Å². The number of carboxylic acid groups (broad SMARTS) is 1. The summed E-state index contributed by atoms with van der Waals surface area (Å²) in [7, 11) is 0. The van der Waals surface area contributed by atoms with E-state index < -0.39 is 5.97 Å². The molecule has 1 aliphatic rings. The van der Waals surface area contributed by atoms with Crippen molar-refractivity contribution < 1.29 is 19.1 Å². The van der Waals surface area contributed by atoms with E-state index in [0.717, 1.165) is 0 Å². The van der Waals surface area contributed by atoms with E-state index in [1.165, 1.54) is 0 Å². The zero-order valence-corrected chi connectivity index (χ0v) is 10.8. The van der Waals surface area contributed by atoms with Crippen LogP contribution in [0.1, 0.15) is 19.1 Å². The van der Waals surface area contributed by atoms with Gasteiger partial charge < -0.3 is 14.8 Å². The summed E-state index contributed by atoms with van der Waals surface area (Å²) in [4.78, 5) is 24.7. The summed E-state index contributed by atoms with van der Waals surface area (Å²) >= 11 is 0. The highest BCUT2D eigenvalue weighted by atomic mass is 16.4. The number of likely N-dealkylation sites (tertiary alicyclic amines) is 1. The van der Waals surface area contributed by atoms with Crippen LogP contribution in [-0.2, 0) is 16.1 Å². The van der Waals surface area contributed by atoms with Crippen LogP contribution in [0.15, 0.2) is 22.8 Å². The molecule has 2 N–H and O–H groups in total. The summed E-state index contributed by atoms with van der Waals surface area (Å²) in [5.74, 6) is -0.579. The highest BCUT2D eigenvalue weighted by Gasteiger charge is 2.36. The van der Waals surface area contributed by atoms with Gasteiger partial charge in [0.2, 0.25) is 5.91 Å². The number of carboxylic acids is 1. The summed E-state index contributed by atoms with van der Waals surface area (Å²) in [6.07, 6.45) is 2.16. The van der Waals surface area contributed by atoms with Gasteiger partial charge in [0.25, 0.3) is 0 Å². The summed E-state index contributed by atoms with van der Waals surface area (Å²) in [6.45, 7) is 3.08. The molecule has 6 heteroatoms. The molecule has 1 aliphatic heterocycles. The van der Waals surface area contributed by atoms with Crippen molar-refractivity contribution in [2.75, 3.05) is 13.1 Å². The molecule has 0 saturated carbocycles. The van der Waals surface area contributed by atoms with Crippen molar-refractivity contribution in [2.24, 2.45) is 5.92 Å². The molecule has 2 heterocycles. The zero-order chi connectivity index (χ0) is 13.8. The van der Waals surface area contributed by atoms with Crippen LogP contribution in [0.5, 0.6) is 0 Å². The molecule has 2 atom stereocenters. The lowest BCUT2D eigenvalue weighted by atomic mass is 10.0. The Kier molecular flexibility index (Phi) is 4.21. The number of carbonyl (C=O) groups is 2. The predicted octanol–water partition coefficient (Wildman–Crippen LogP) is 0.691. The number of nitrogens with zero attached hydrogens (tertiary/aromatic N) is 1. The molecule has 6 nitrogen and oxygen atoms in total. The number of aliphatic carboxylic acids is 1. The van der Waals surface area contributed by atoms with Crippen molar-refractivity contribution in [3.8, 4) is 0 Å². The van der Waals surface area contributed by atoms with E-state index in [2.05, 4.69) is 5.32 Å². The molecular weight excluding hydrogens is 248 g/mol. The van der Waals surface area contributed by atoms with Crippen molar-refractivity contribution in [2.45, 2.75) is 25.9 Å². The molecule has 0 spiro atoms. The molecule has 1 amide bonds. The predicted molar refractivity (Wildman–Crippen MR) is 67.3 cm³/mol. The lowest BCUT2D eigenvalue weighted by molar-refractivity contribution is -0.142. The third kappa shape index (κ3) is 3.35. The number of amides is 1. The third-order valence-corrected chi connectivity index (χ3v) is 3.59. The van der Waals surface area contributed by atoms with E-state index in [9.17, 15) is 9.59 Å². The van der Waals surface area contributed by atoms with Gasteiger partial charge in [0.1, 0.15) is 5.76 Å². The first-order valence-corrected chi connectivity index (χ1v) is 6.34. The number of carbonyl (C=O) groups excluding carboxylic acids is 1. The van der Waals surface area contributed by atoms with Crippen LogP contribution in [0.2, 0.25) is 0 Å². The fourth-order valence-corrected chi connectivity index (χ4v) is 2.40. The fraction of sp³-hybridized carbons (Fsp3) is 0.538. The molecule has 19 heavy (non-hydrogen) atoms. The first-order valence-electron chi connectivity index (χ1n) is 6.34. The Morgan fingerprint density at radius 3 is 2.95 bits per heavy atom. The minimum absolute atomic E-state index is 0.105. The third-order valence-electron chi connectivity index (χ3n) is 3.59. The van der Waals surface area contributed by atoms with Crippen molar-refractivity contribution in [1.82, 2.24) is 10.2 Å². The van der Waals surface area contributed by atoms with Gasteiger partial charge in [-0.2, -0.15) is 0 Å². The van der Waals surface area contributed by atoms with Crippen molar-refractivity contribution in [3.63, 3.8) is 0 Å². The molecular formula is C13H18N2O4. The van der Waals surface area contributed by atoms with E-state index in [-0.39, 0.29) is 24.4 Å². The monoisotopic (exact) mass is 266 g/mol. The van der Waals surface area contributed by atoms with Gasteiger partial charge in [-0.1, -0.05) is 0 Å². The smallest absolute Gasteiger partial charge is 0.308 e. The van der Waals surface area contributed by atoms with Crippen molar-refractivity contribution in [3.05, 3.63) is 24.2 Å². The zero-order valence-electron chi connectivity index (χ0n) is 10.8. The standard InChI is InChI=1S/C13H18N2O4/c1-9-11(13(17)18)4-5-15(9)8-12(16)14-7-10-3-2-6-19-10/h2-3,6,9,11H,4-5,7-8H2,1H3,(H,14,16)(H,17,18). The lowest BCUT2D eigenvalue weighted by Gasteiger charge is -2.22. The topological polar surface area (TPSA) is 82.8 Å². The molecule has 1 aromatic rings. The van der Waals surface area contributed by atoms with E-state index in [1.54, 1.807) is 18.4 Å². The van der Waals surface area contributed by atoms with Crippen LogP contribution < -0.4 is 5.32 Å². The van der Waals surface area contributed by atoms with Crippen LogP contribution in [0.25, 0.3) is 0 Å². The Labute approximate surface area is 111 Å². The fourth-order valence-electron chi connectivity index (χ4n) is 2.40. The summed E-state index contributed by atoms with van der Waals surface area (Å²) < 4.78 is 5.12. The summed E-state index contributed by atoms with van der Waals surface area (Å²) in [5, 5.41) is 11.8. The van der Waals surface area contributed by atoms with Gasteiger partial charge >= 0.3 is 5.97 Å². The Balaban J connectivity index is 1.78. The number of hydrogen-bond donors (Lipinski definition) is 2. The minimum Gasteiger partial charge on any atom is -0.481 e. The molecule has 0 aliphatic carbocycles. The Hall–Kier alpha value is -1.82. The maximum absolute atomic E-state index is 11.8. The molecule has 2 rings (SSSR count). The first-order chi connectivity index (χ1) is 9.08. The Morgan fingerprint density at radius 1 is 1.58 bits per heavy atom. The Morgan fingerprint density at radius 2 is 2.37 bits per heavy atom. The molecule has 0 radical (unpaired) electrons. The van der Waals surface area contributed by atoms with Crippen LogP contribution in [0, 0.1) is 5.92 Å². The van der Waals surface area contributed by atoms with Crippen LogP contribution >= 0.6 is 0 Å². The van der Waals surface area contributed by atoms with Crippen molar-refractivity contribution >= 4 is 11.9 Å². The second-order valence-corrected chi connectivity index (χ2v) is 4.80. The number of hydrogen-bond acceptors (Lipinski definition) is 4. The van der Waals surface area contributed by atoms with Gasteiger partial charge in [0.15, 0.2) is 0 Å². The molecule has 2 unspecified atom stereocenters. The number of nitrogens with one attached hydrogen (secondary N) is 1. The molecule has 0 bridgehead atoms. The normalized spacial score (nSPS) is 23.4. The SMILES string of the molecule is CC1C(C(=O)O)CCN1CC(=O)NCc1ccco1. The largest absolute Gasteiger partial charge is 0.481 e. The van der Waals surface area contributed by atoms with Crippen LogP contribution in [-0.4, -0.2) is 41.0 Å². The van der Waals surface area contributed by atoms with E-state index >= 15 is 0 Å². The molecule has 1 saturated heterocycles. The van der Waals surface area contributed by atoms with Crippen LogP contribution in [0.4, 0.5) is 0 Å². The summed E-state index contributed by atoms with van der Waals surface area (Å²) in [6, 6.07) is 3.45. The maximum atomic E-state index is 11.8. The average molecular weight is 266 g/mol. The molecule has 0 aromatic carbocycles. The molecule has 1 fully saturated rings. The van der Waals surface area contributed by atoms with Gasteiger partial charge in [0.05, 0.1) is 25.3 Å². The quantitative estimate of drug-likeness (QED) is 0.819. The second-order valence-electron chi connectivity index (χ2n) is 4.80. The first kappa shape index (κ1) is 13.6. The highest BCUT2D eigenvalue weighted by Crippen LogP contribution is 2.23. The van der Waals surface area contributed by atoms with E-state index in [1.807, 2.05) is 11.8 Å². The second kappa shape index (κ2) is 5.88. The van der Waals surface area contributed by atoms with Gasteiger partial charge in [0, 0.05) is 6.04 Å². The van der Waals surface area contributed by atoms with Gasteiger partial charge in [-0.3, -0.25) is 14.5 Å². The average Bonchev–Trinajstić information content (AvgIpc) is 2.98. The van der Waals surface area contributed by atoms with E-state index in [0.29, 0.717) is 25.3 Å². The molecule has 104 valence electrons. The summed E-state index contributed by atoms with van der Waals surface area (Å²) in [5.41, 5.74) is 0. The van der Waals surface area contributed by atoms with Gasteiger partial charge in [-0.25, -0.2) is 0 Å². The van der Waals surface area contributed by atoms with Crippen LogP contribution in [0.3, 0.4) is 0 Å².